The number of fused-ring (bicyclic) bond motifs is 6. The Morgan fingerprint density at radius 2 is 1.22 bits per heavy atom. The number of thiophene rings is 1. The zero-order chi connectivity index (χ0) is 29.7. The summed E-state index contributed by atoms with van der Waals surface area (Å²) in [5, 5.41) is 5.22. The van der Waals surface area contributed by atoms with Gasteiger partial charge >= 0.3 is 0 Å². The van der Waals surface area contributed by atoms with Crippen molar-refractivity contribution in [1.82, 2.24) is 4.57 Å². The van der Waals surface area contributed by atoms with E-state index >= 15 is 0 Å². The maximum Gasteiger partial charge on any atom is 0.0640 e. The van der Waals surface area contributed by atoms with Crippen molar-refractivity contribution in [3.8, 4) is 5.69 Å². The molecule has 2 aromatic heterocycles. The molecule has 214 valence electrons. The molecule has 0 bridgehead atoms. The Morgan fingerprint density at radius 1 is 0.578 bits per heavy atom. The van der Waals surface area contributed by atoms with Crippen LogP contribution in [-0.2, 0) is 0 Å². The van der Waals surface area contributed by atoms with Gasteiger partial charge in [-0.15, -0.1) is 11.3 Å². The first-order valence-corrected chi connectivity index (χ1v) is 16.4. The number of para-hydroxylation sites is 3. The van der Waals surface area contributed by atoms with Crippen LogP contribution in [0.1, 0.15) is 17.9 Å². The van der Waals surface area contributed by atoms with Gasteiger partial charge in [0.15, 0.2) is 0 Å². The lowest BCUT2D eigenvalue weighted by Crippen LogP contribution is -2.17. The van der Waals surface area contributed by atoms with Crippen LogP contribution in [0.4, 0.5) is 11.4 Å². The highest BCUT2D eigenvalue weighted by Crippen LogP contribution is 2.44. The molecule has 3 heteroatoms. The van der Waals surface area contributed by atoms with E-state index < -0.39 is 0 Å². The Hall–Kier alpha value is -5.38. The van der Waals surface area contributed by atoms with Crippen LogP contribution in [0.5, 0.6) is 0 Å². The molecule has 1 aliphatic carbocycles. The molecule has 8 aromatic rings. The average Bonchev–Trinajstić information content (AvgIpc) is 3.66. The summed E-state index contributed by atoms with van der Waals surface area (Å²) in [6.45, 7) is 0. The minimum atomic E-state index is 0.332. The summed E-state index contributed by atoms with van der Waals surface area (Å²) in [4.78, 5) is 2.43. The fourth-order valence-corrected chi connectivity index (χ4v) is 8.21. The van der Waals surface area contributed by atoms with Gasteiger partial charge in [0, 0.05) is 49.2 Å². The highest BCUT2D eigenvalue weighted by atomic mass is 32.1. The van der Waals surface area contributed by atoms with Crippen LogP contribution in [0.25, 0.3) is 47.7 Å². The van der Waals surface area contributed by atoms with Crippen molar-refractivity contribution in [2.45, 2.75) is 12.3 Å². The van der Waals surface area contributed by atoms with E-state index in [4.69, 9.17) is 0 Å². The third-order valence-electron chi connectivity index (χ3n) is 9.14. The highest BCUT2D eigenvalue weighted by molar-refractivity contribution is 7.26. The van der Waals surface area contributed by atoms with Crippen LogP contribution in [-0.4, -0.2) is 4.57 Å². The van der Waals surface area contributed by atoms with Gasteiger partial charge in [-0.1, -0.05) is 109 Å². The normalized spacial score (nSPS) is 14.8. The second-order valence-corrected chi connectivity index (χ2v) is 12.8. The molecule has 0 N–H and O–H groups in total. The van der Waals surface area contributed by atoms with Gasteiger partial charge in [-0.05, 0) is 66.6 Å². The zero-order valence-corrected chi connectivity index (χ0v) is 25.5. The molecular formula is C42H30N2S. The highest BCUT2D eigenvalue weighted by Gasteiger charge is 2.21. The molecule has 0 amide bonds. The van der Waals surface area contributed by atoms with Crippen molar-refractivity contribution in [2.75, 3.05) is 4.90 Å². The summed E-state index contributed by atoms with van der Waals surface area (Å²) in [6, 6.07) is 52.8. The smallest absolute Gasteiger partial charge is 0.0640 e. The van der Waals surface area contributed by atoms with E-state index in [0.29, 0.717) is 5.92 Å². The molecule has 0 saturated heterocycles. The second-order valence-electron chi connectivity index (χ2n) is 11.7. The van der Waals surface area contributed by atoms with Crippen molar-refractivity contribution >= 4 is 64.7 Å². The lowest BCUT2D eigenvalue weighted by atomic mass is 9.91. The molecule has 1 unspecified atom stereocenters. The van der Waals surface area contributed by atoms with Crippen LogP contribution in [0.15, 0.2) is 170 Å². The number of anilines is 2. The number of nitrogens with zero attached hydrogens (tertiary/aromatic N) is 2. The summed E-state index contributed by atoms with van der Waals surface area (Å²) in [5.41, 5.74) is 8.63. The maximum atomic E-state index is 2.43. The SMILES string of the molecule is C1=CC(c2ccc(-n3c4ccccc4c4ccccc43)cc2)CC=C1N(c1ccccc1)c1cccc2c1sc1ccccc12. The van der Waals surface area contributed by atoms with E-state index in [-0.39, 0.29) is 0 Å². The van der Waals surface area contributed by atoms with Gasteiger partial charge in [-0.3, -0.25) is 0 Å². The van der Waals surface area contributed by atoms with Crippen LogP contribution in [0.2, 0.25) is 0 Å². The maximum absolute atomic E-state index is 2.43. The Morgan fingerprint density at radius 3 is 1.93 bits per heavy atom. The van der Waals surface area contributed by atoms with E-state index in [2.05, 4.69) is 173 Å². The molecule has 1 atom stereocenters. The summed E-state index contributed by atoms with van der Waals surface area (Å²) >= 11 is 1.88. The fourth-order valence-electron chi connectivity index (χ4n) is 7.01. The lowest BCUT2D eigenvalue weighted by molar-refractivity contribution is 0.839. The summed E-state index contributed by atoms with van der Waals surface area (Å²) in [5.74, 6) is 0.332. The van der Waals surface area contributed by atoms with Crippen LogP contribution in [0.3, 0.4) is 0 Å². The first-order chi connectivity index (χ1) is 22.3. The quantitative estimate of drug-likeness (QED) is 0.192. The molecule has 0 spiro atoms. The topological polar surface area (TPSA) is 8.17 Å². The van der Waals surface area contributed by atoms with Gasteiger partial charge in [0.05, 0.1) is 21.4 Å². The van der Waals surface area contributed by atoms with Gasteiger partial charge < -0.3 is 9.47 Å². The zero-order valence-electron chi connectivity index (χ0n) is 24.7. The second kappa shape index (κ2) is 10.7. The predicted molar refractivity (Wildman–Crippen MR) is 193 cm³/mol. The molecule has 45 heavy (non-hydrogen) atoms. The van der Waals surface area contributed by atoms with Crippen molar-refractivity contribution < 1.29 is 0 Å². The third kappa shape index (κ3) is 4.31. The van der Waals surface area contributed by atoms with Gasteiger partial charge in [-0.25, -0.2) is 0 Å². The minimum Gasteiger partial charge on any atom is -0.309 e. The number of rotatable bonds is 5. The number of allylic oxidation sites excluding steroid dienone is 3. The number of hydrogen-bond donors (Lipinski definition) is 0. The molecule has 0 radical (unpaired) electrons. The number of hydrogen-bond acceptors (Lipinski definition) is 2. The fraction of sp³-hybridized carbons (Fsp3) is 0.0476. The van der Waals surface area contributed by atoms with Gasteiger partial charge in [0.2, 0.25) is 0 Å². The predicted octanol–water partition coefficient (Wildman–Crippen LogP) is 11.9. The van der Waals surface area contributed by atoms with E-state index in [0.717, 1.165) is 6.42 Å². The molecule has 0 saturated carbocycles. The molecule has 6 aromatic carbocycles. The largest absolute Gasteiger partial charge is 0.309 e. The minimum absolute atomic E-state index is 0.332. The van der Waals surface area contributed by atoms with E-state index in [9.17, 15) is 0 Å². The monoisotopic (exact) mass is 594 g/mol. The van der Waals surface area contributed by atoms with E-state index in [1.807, 2.05) is 11.3 Å². The Labute approximate surface area is 266 Å². The summed E-state index contributed by atoms with van der Waals surface area (Å²) < 4.78 is 5.03. The van der Waals surface area contributed by atoms with E-state index in [1.165, 1.54) is 70.3 Å². The molecule has 2 nitrogen and oxygen atoms in total. The van der Waals surface area contributed by atoms with Crippen LogP contribution in [0, 0.1) is 0 Å². The summed E-state index contributed by atoms with van der Waals surface area (Å²) in [6.07, 6.45) is 8.05. The average molecular weight is 595 g/mol. The molecule has 2 heterocycles. The Balaban J connectivity index is 1.06. The van der Waals surface area contributed by atoms with Crippen molar-refractivity contribution in [3.63, 3.8) is 0 Å². The van der Waals surface area contributed by atoms with Crippen molar-refractivity contribution in [1.29, 1.82) is 0 Å². The number of aromatic nitrogens is 1. The molecule has 1 aliphatic rings. The van der Waals surface area contributed by atoms with Crippen molar-refractivity contribution in [3.05, 3.63) is 175 Å². The third-order valence-corrected chi connectivity index (χ3v) is 10.3. The standard InChI is InChI=1S/C42H30N2S/c1-2-11-31(12-3-1)43(40-19-10-16-37-36-15-6-9-20-41(36)45-42(37)40)32-25-21-29(22-26-32)30-23-27-33(28-24-30)44-38-17-7-4-13-34(38)35-14-5-8-18-39(35)44/h1-21,23-29H,22H2. The Bertz CT molecular complexity index is 2350. The van der Waals surface area contributed by atoms with E-state index in [1.54, 1.807) is 0 Å². The van der Waals surface area contributed by atoms with Gasteiger partial charge in [0.1, 0.15) is 0 Å². The van der Waals surface area contributed by atoms with Gasteiger partial charge in [0.25, 0.3) is 0 Å². The summed E-state index contributed by atoms with van der Waals surface area (Å²) in [7, 11) is 0. The molecular weight excluding hydrogens is 565 g/mol. The first kappa shape index (κ1) is 26.1. The number of benzene rings is 6. The molecule has 0 fully saturated rings. The van der Waals surface area contributed by atoms with Crippen LogP contribution < -0.4 is 4.90 Å². The van der Waals surface area contributed by atoms with Crippen molar-refractivity contribution in [2.24, 2.45) is 0 Å². The lowest BCUT2D eigenvalue weighted by Gasteiger charge is -2.29. The first-order valence-electron chi connectivity index (χ1n) is 15.6. The van der Waals surface area contributed by atoms with Crippen LogP contribution >= 0.6 is 11.3 Å². The molecule has 0 aliphatic heterocycles. The Kier molecular flexibility index (Phi) is 6.17. The molecule has 9 rings (SSSR count). The van der Waals surface area contributed by atoms with Gasteiger partial charge in [-0.2, -0.15) is 0 Å².